The van der Waals surface area contributed by atoms with Crippen molar-refractivity contribution in [2.45, 2.75) is 89.1 Å². The zero-order valence-electron chi connectivity index (χ0n) is 17.9. The number of nitrogens with one attached hydrogen (secondary N) is 2. The number of fused-ring (bicyclic) bond motifs is 2. The molecule has 0 spiro atoms. The van der Waals surface area contributed by atoms with Gasteiger partial charge in [-0.25, -0.2) is 9.59 Å². The number of alkyl carbamates (subject to hydrolysis) is 1. The molecule has 13 heteroatoms. The van der Waals surface area contributed by atoms with Gasteiger partial charge in [0.1, 0.15) is 11.6 Å². The van der Waals surface area contributed by atoms with Crippen LogP contribution >= 0.6 is 0 Å². The van der Waals surface area contributed by atoms with E-state index in [4.69, 9.17) is 9.29 Å². The van der Waals surface area contributed by atoms with E-state index in [1.54, 1.807) is 20.8 Å². The summed E-state index contributed by atoms with van der Waals surface area (Å²) in [6.45, 7) is 5.54. The van der Waals surface area contributed by atoms with Crippen LogP contribution in [0.15, 0.2) is 0 Å². The van der Waals surface area contributed by atoms with E-state index in [1.807, 2.05) is 0 Å². The van der Waals surface area contributed by atoms with Crippen LogP contribution in [0, 0.1) is 0 Å². The molecule has 176 valence electrons. The molecule has 1 saturated carbocycles. The van der Waals surface area contributed by atoms with Crippen LogP contribution in [0.25, 0.3) is 0 Å². The zero-order valence-corrected chi connectivity index (χ0v) is 18.7. The second-order valence-corrected chi connectivity index (χ2v) is 10.2. The number of hydrogen-bond acceptors (Lipinski definition) is 7. The highest BCUT2D eigenvalue weighted by atomic mass is 32.3. The quantitative estimate of drug-likeness (QED) is 0.510. The highest BCUT2D eigenvalue weighted by Gasteiger charge is 2.49. The lowest BCUT2D eigenvalue weighted by Crippen LogP contribution is -2.53. The maximum atomic E-state index is 12.8. The van der Waals surface area contributed by atoms with Gasteiger partial charge in [-0.3, -0.25) is 9.35 Å². The van der Waals surface area contributed by atoms with Gasteiger partial charge >= 0.3 is 22.5 Å². The van der Waals surface area contributed by atoms with Gasteiger partial charge in [-0.05, 0) is 59.3 Å². The average molecular weight is 463 g/mol. The molecule has 12 nitrogen and oxygen atoms in total. The Bertz CT molecular complexity index is 819. The number of piperidine rings is 1. The highest BCUT2D eigenvalue weighted by molar-refractivity contribution is 7.80. The predicted molar refractivity (Wildman–Crippen MR) is 107 cm³/mol. The summed E-state index contributed by atoms with van der Waals surface area (Å²) in [4.78, 5) is 38.4. The Morgan fingerprint density at radius 1 is 1.03 bits per heavy atom. The van der Waals surface area contributed by atoms with Gasteiger partial charge in [0.15, 0.2) is 0 Å². The smallest absolute Gasteiger partial charge is 0.418 e. The summed E-state index contributed by atoms with van der Waals surface area (Å²) in [5.41, 5.74) is -0.566. The average Bonchev–Trinajstić information content (AvgIpc) is 2.85. The van der Waals surface area contributed by atoms with Gasteiger partial charge in [0.2, 0.25) is 5.91 Å². The summed E-state index contributed by atoms with van der Waals surface area (Å²) in [5.74, 6) is -0.302. The summed E-state index contributed by atoms with van der Waals surface area (Å²) >= 11 is 0. The predicted octanol–water partition coefficient (Wildman–Crippen LogP) is 0.942. The SMILES string of the molecule is CC(C)(C)OC(=O)NC1CCC(NC(=O)[C@@H]2CC[C@@H]3CN2C(=O)N3OS(=O)(=O)O)CC1. The summed E-state index contributed by atoms with van der Waals surface area (Å²) in [7, 11) is -4.82. The minimum Gasteiger partial charge on any atom is -0.444 e. The fourth-order valence-electron chi connectivity index (χ4n) is 4.26. The first kappa shape index (κ1) is 23.5. The van der Waals surface area contributed by atoms with Gasteiger partial charge in [0.05, 0.1) is 6.04 Å². The van der Waals surface area contributed by atoms with Crippen LogP contribution in [0.5, 0.6) is 0 Å². The molecule has 31 heavy (non-hydrogen) atoms. The summed E-state index contributed by atoms with van der Waals surface area (Å²) in [5, 5.41) is 6.43. The monoisotopic (exact) mass is 462 g/mol. The van der Waals surface area contributed by atoms with E-state index in [9.17, 15) is 22.8 Å². The second kappa shape index (κ2) is 8.79. The van der Waals surface area contributed by atoms with Crippen molar-refractivity contribution in [3.63, 3.8) is 0 Å². The molecule has 3 aliphatic rings. The van der Waals surface area contributed by atoms with E-state index in [2.05, 4.69) is 14.9 Å². The van der Waals surface area contributed by atoms with E-state index >= 15 is 0 Å². The van der Waals surface area contributed by atoms with Gasteiger partial charge in [0.25, 0.3) is 0 Å². The van der Waals surface area contributed by atoms with Crippen LogP contribution in [0.3, 0.4) is 0 Å². The van der Waals surface area contributed by atoms with Crippen molar-refractivity contribution >= 4 is 28.4 Å². The van der Waals surface area contributed by atoms with Gasteiger partial charge < -0.3 is 20.3 Å². The van der Waals surface area contributed by atoms with Crippen LogP contribution in [-0.4, -0.2) is 77.3 Å². The van der Waals surface area contributed by atoms with Gasteiger partial charge in [-0.15, -0.1) is 4.28 Å². The van der Waals surface area contributed by atoms with E-state index in [-0.39, 0.29) is 24.5 Å². The molecular formula is C18H30N4O8S. The summed E-state index contributed by atoms with van der Waals surface area (Å²) in [6, 6.07) is -2.12. The summed E-state index contributed by atoms with van der Waals surface area (Å²) < 4.78 is 40.4. The first-order chi connectivity index (χ1) is 14.3. The van der Waals surface area contributed by atoms with Gasteiger partial charge in [-0.2, -0.15) is 13.5 Å². The molecular weight excluding hydrogens is 432 g/mol. The first-order valence-corrected chi connectivity index (χ1v) is 11.8. The number of ether oxygens (including phenoxy) is 1. The maximum Gasteiger partial charge on any atom is 0.418 e. The van der Waals surface area contributed by atoms with E-state index in [0.29, 0.717) is 43.6 Å². The molecule has 3 N–H and O–H groups in total. The van der Waals surface area contributed by atoms with Crippen molar-refractivity contribution < 1.29 is 36.4 Å². The van der Waals surface area contributed by atoms with E-state index in [1.165, 1.54) is 4.90 Å². The Balaban J connectivity index is 1.47. The normalized spacial score (nSPS) is 29.0. The Morgan fingerprint density at radius 2 is 1.61 bits per heavy atom. The number of amides is 4. The Kier molecular flexibility index (Phi) is 6.67. The van der Waals surface area contributed by atoms with E-state index in [0.717, 1.165) is 0 Å². The Hall–Kier alpha value is -2.12. The molecule has 3 fully saturated rings. The molecule has 2 aliphatic heterocycles. The van der Waals surface area contributed by atoms with Crippen molar-refractivity contribution in [1.29, 1.82) is 0 Å². The van der Waals surface area contributed by atoms with Crippen molar-refractivity contribution in [3.05, 3.63) is 0 Å². The minimum atomic E-state index is -4.82. The standard InChI is InChI=1S/C18H30N4O8S/c1-18(2,3)29-16(24)20-12-6-4-11(5-7-12)19-15(23)14-9-8-13-10-21(14)17(25)22(13)30-31(26,27)28/h11-14H,4-10H2,1-3H3,(H,19,23)(H,20,24)(H,26,27,28)/t11?,12?,13-,14+/m1/s1. The van der Waals surface area contributed by atoms with Crippen LogP contribution in [0.1, 0.15) is 59.3 Å². The molecule has 0 aromatic carbocycles. The van der Waals surface area contributed by atoms with Crippen LogP contribution in [0.4, 0.5) is 9.59 Å². The number of rotatable bonds is 5. The van der Waals surface area contributed by atoms with Crippen molar-refractivity contribution in [3.8, 4) is 0 Å². The first-order valence-electron chi connectivity index (χ1n) is 10.4. The largest absolute Gasteiger partial charge is 0.444 e. The molecule has 0 aromatic heterocycles. The molecule has 1 aliphatic carbocycles. The summed E-state index contributed by atoms with van der Waals surface area (Å²) in [6.07, 6.45) is 3.01. The fourth-order valence-corrected chi connectivity index (χ4v) is 4.65. The zero-order chi connectivity index (χ0) is 23.0. The Morgan fingerprint density at radius 3 is 2.16 bits per heavy atom. The molecule has 0 radical (unpaired) electrons. The third-order valence-corrected chi connectivity index (χ3v) is 5.94. The lowest BCUT2D eigenvalue weighted by atomic mass is 9.90. The molecule has 2 atom stereocenters. The maximum absolute atomic E-state index is 12.8. The Labute approximate surface area is 181 Å². The molecule has 2 saturated heterocycles. The number of carbonyl (C=O) groups is 3. The molecule has 2 heterocycles. The number of urea groups is 1. The number of hydrogen-bond donors (Lipinski definition) is 3. The number of carbonyl (C=O) groups excluding carboxylic acids is 3. The van der Waals surface area contributed by atoms with Crippen molar-refractivity contribution in [1.82, 2.24) is 20.6 Å². The topological polar surface area (TPSA) is 155 Å². The van der Waals surface area contributed by atoms with Gasteiger partial charge in [-0.1, -0.05) is 0 Å². The molecule has 3 rings (SSSR count). The molecule has 0 aromatic rings. The second-order valence-electron chi connectivity index (χ2n) is 9.21. The van der Waals surface area contributed by atoms with Crippen LogP contribution in [0.2, 0.25) is 0 Å². The lowest BCUT2D eigenvalue weighted by Gasteiger charge is -2.33. The molecule has 4 amide bonds. The van der Waals surface area contributed by atoms with Gasteiger partial charge in [0, 0.05) is 18.6 Å². The van der Waals surface area contributed by atoms with Crippen molar-refractivity contribution in [2.24, 2.45) is 0 Å². The van der Waals surface area contributed by atoms with Crippen LogP contribution < -0.4 is 10.6 Å². The third-order valence-electron chi connectivity index (χ3n) is 5.59. The molecule has 2 bridgehead atoms. The van der Waals surface area contributed by atoms with Crippen molar-refractivity contribution in [2.75, 3.05) is 6.54 Å². The van der Waals surface area contributed by atoms with Crippen LogP contribution in [-0.2, 0) is 24.2 Å². The number of hydroxylamine groups is 2. The lowest BCUT2D eigenvalue weighted by molar-refractivity contribution is -0.127. The van der Waals surface area contributed by atoms with E-state index < -0.39 is 40.2 Å². The minimum absolute atomic E-state index is 0.0234. The highest BCUT2D eigenvalue weighted by Crippen LogP contribution is 2.31. The third kappa shape index (κ3) is 6.20. The number of nitrogens with zero attached hydrogens (tertiary/aromatic N) is 2. The molecule has 0 unspecified atom stereocenters. The fraction of sp³-hybridized carbons (Fsp3) is 0.833.